The summed E-state index contributed by atoms with van der Waals surface area (Å²) >= 11 is 0. The molecule has 2 rings (SSSR count). The largest absolute Gasteiger partial charge is 0.381 e. The zero-order valence-corrected chi connectivity index (χ0v) is 10.5. The second-order valence-electron chi connectivity index (χ2n) is 4.27. The van der Waals surface area contributed by atoms with E-state index in [1.807, 2.05) is 12.1 Å². The number of aryl methyl sites for hydroxylation is 1. The lowest BCUT2D eigenvalue weighted by Gasteiger charge is -2.11. The molecule has 18 heavy (non-hydrogen) atoms. The van der Waals surface area contributed by atoms with Crippen LogP contribution in [0.5, 0.6) is 0 Å². The third-order valence-electron chi connectivity index (χ3n) is 2.78. The summed E-state index contributed by atoms with van der Waals surface area (Å²) in [5.41, 5.74) is 3.26. The van der Waals surface area contributed by atoms with Gasteiger partial charge in [-0.1, -0.05) is 31.5 Å². The van der Waals surface area contributed by atoms with Crippen LogP contribution in [0.15, 0.2) is 42.7 Å². The van der Waals surface area contributed by atoms with E-state index in [4.69, 9.17) is 0 Å². The first-order chi connectivity index (χ1) is 8.79. The smallest absolute Gasteiger partial charge is 0.141 e. The fourth-order valence-electron chi connectivity index (χ4n) is 1.93. The van der Waals surface area contributed by atoms with Crippen molar-refractivity contribution in [3.8, 4) is 0 Å². The van der Waals surface area contributed by atoms with Crippen LogP contribution in [0.3, 0.4) is 0 Å². The van der Waals surface area contributed by atoms with Gasteiger partial charge in [0.05, 0.1) is 6.20 Å². The van der Waals surface area contributed by atoms with Crippen molar-refractivity contribution in [3.63, 3.8) is 0 Å². The van der Waals surface area contributed by atoms with E-state index in [2.05, 4.69) is 29.4 Å². The van der Waals surface area contributed by atoms with Crippen LogP contribution in [0.4, 0.5) is 10.1 Å². The summed E-state index contributed by atoms with van der Waals surface area (Å²) in [4.78, 5) is 3.84. The fourth-order valence-corrected chi connectivity index (χ4v) is 1.93. The lowest BCUT2D eigenvalue weighted by atomic mass is 10.1. The number of hydrogen-bond acceptors (Lipinski definition) is 2. The quantitative estimate of drug-likeness (QED) is 0.865. The number of halogens is 1. The van der Waals surface area contributed by atoms with Crippen LogP contribution in [-0.4, -0.2) is 4.98 Å². The molecule has 0 saturated heterocycles. The highest BCUT2D eigenvalue weighted by molar-refractivity contribution is 5.51. The zero-order valence-electron chi connectivity index (χ0n) is 10.5. The highest BCUT2D eigenvalue weighted by atomic mass is 19.1. The van der Waals surface area contributed by atoms with Crippen molar-refractivity contribution >= 4 is 5.69 Å². The molecule has 0 amide bonds. The predicted octanol–water partition coefficient (Wildman–Crippen LogP) is 3.79. The first kappa shape index (κ1) is 12.6. The van der Waals surface area contributed by atoms with Gasteiger partial charge < -0.3 is 5.32 Å². The number of rotatable bonds is 5. The van der Waals surface area contributed by atoms with E-state index in [1.54, 1.807) is 6.20 Å². The van der Waals surface area contributed by atoms with Crippen LogP contribution in [0.1, 0.15) is 24.5 Å². The topological polar surface area (TPSA) is 24.9 Å². The molecule has 0 fully saturated rings. The summed E-state index contributed by atoms with van der Waals surface area (Å²) < 4.78 is 13.0. The van der Waals surface area contributed by atoms with Gasteiger partial charge in [-0.3, -0.25) is 4.98 Å². The van der Waals surface area contributed by atoms with Gasteiger partial charge in [-0.15, -0.1) is 0 Å². The van der Waals surface area contributed by atoms with Crippen LogP contribution in [0.2, 0.25) is 0 Å². The molecule has 0 radical (unpaired) electrons. The molecule has 0 bridgehead atoms. The van der Waals surface area contributed by atoms with Crippen molar-refractivity contribution in [2.75, 3.05) is 5.32 Å². The monoisotopic (exact) mass is 244 g/mol. The van der Waals surface area contributed by atoms with Gasteiger partial charge in [0, 0.05) is 18.4 Å². The average Bonchev–Trinajstić information content (AvgIpc) is 2.38. The summed E-state index contributed by atoms with van der Waals surface area (Å²) in [5, 5.41) is 3.33. The summed E-state index contributed by atoms with van der Waals surface area (Å²) in [6.45, 7) is 2.75. The van der Waals surface area contributed by atoms with E-state index in [-0.39, 0.29) is 5.82 Å². The molecule has 94 valence electrons. The molecule has 1 N–H and O–H groups in total. The molecule has 0 spiro atoms. The van der Waals surface area contributed by atoms with E-state index >= 15 is 0 Å². The molecule has 2 nitrogen and oxygen atoms in total. The van der Waals surface area contributed by atoms with Crippen molar-refractivity contribution in [1.82, 2.24) is 4.98 Å². The van der Waals surface area contributed by atoms with Crippen molar-refractivity contribution < 1.29 is 4.39 Å². The Balaban J connectivity index is 2.06. The van der Waals surface area contributed by atoms with Crippen molar-refractivity contribution in [2.24, 2.45) is 0 Å². The van der Waals surface area contributed by atoms with E-state index in [0.29, 0.717) is 6.54 Å². The Kier molecular flexibility index (Phi) is 4.29. The maximum Gasteiger partial charge on any atom is 0.141 e. The highest BCUT2D eigenvalue weighted by Crippen LogP contribution is 2.17. The third-order valence-corrected chi connectivity index (χ3v) is 2.78. The molecule has 0 unspecified atom stereocenters. The fraction of sp³-hybridized carbons (Fsp3) is 0.267. The lowest BCUT2D eigenvalue weighted by molar-refractivity contribution is 0.619. The number of anilines is 1. The Morgan fingerprint density at radius 3 is 2.83 bits per heavy atom. The molecular formula is C15H17FN2. The van der Waals surface area contributed by atoms with Crippen LogP contribution in [0, 0.1) is 5.82 Å². The summed E-state index contributed by atoms with van der Waals surface area (Å²) in [7, 11) is 0. The third kappa shape index (κ3) is 3.29. The van der Waals surface area contributed by atoms with Crippen molar-refractivity contribution in [2.45, 2.75) is 26.3 Å². The standard InChI is InChI=1S/C15H17FN2/c1-2-5-13-6-3-4-7-15(13)18-10-12-8-14(16)11-17-9-12/h3-4,6-9,11,18H,2,5,10H2,1H3. The van der Waals surface area contributed by atoms with Gasteiger partial charge in [0.2, 0.25) is 0 Å². The molecule has 0 aliphatic rings. The second kappa shape index (κ2) is 6.15. The first-order valence-corrected chi connectivity index (χ1v) is 6.21. The molecular weight excluding hydrogens is 227 g/mol. The number of pyridine rings is 1. The Morgan fingerprint density at radius 2 is 2.06 bits per heavy atom. The minimum Gasteiger partial charge on any atom is -0.381 e. The predicted molar refractivity (Wildman–Crippen MR) is 72.0 cm³/mol. The van der Waals surface area contributed by atoms with Gasteiger partial charge in [-0.25, -0.2) is 4.39 Å². The Bertz CT molecular complexity index is 511. The second-order valence-corrected chi connectivity index (χ2v) is 4.27. The SMILES string of the molecule is CCCc1ccccc1NCc1cncc(F)c1. The minimum absolute atomic E-state index is 0.295. The molecule has 3 heteroatoms. The zero-order chi connectivity index (χ0) is 12.8. The minimum atomic E-state index is -0.295. The summed E-state index contributed by atoms with van der Waals surface area (Å²) in [6, 6.07) is 9.72. The molecule has 0 aliphatic carbocycles. The van der Waals surface area contributed by atoms with Crippen LogP contribution < -0.4 is 5.32 Å². The van der Waals surface area contributed by atoms with Gasteiger partial charge in [0.1, 0.15) is 5.82 Å². The average molecular weight is 244 g/mol. The van der Waals surface area contributed by atoms with Gasteiger partial charge in [0.25, 0.3) is 0 Å². The first-order valence-electron chi connectivity index (χ1n) is 6.21. The number of hydrogen-bond donors (Lipinski definition) is 1. The number of nitrogens with zero attached hydrogens (tertiary/aromatic N) is 1. The summed E-state index contributed by atoms with van der Waals surface area (Å²) in [5.74, 6) is -0.295. The van der Waals surface area contributed by atoms with E-state index in [9.17, 15) is 4.39 Å². The van der Waals surface area contributed by atoms with Crippen LogP contribution in [-0.2, 0) is 13.0 Å². The van der Waals surface area contributed by atoms with E-state index in [0.717, 1.165) is 24.1 Å². The Labute approximate surface area is 107 Å². The van der Waals surface area contributed by atoms with Gasteiger partial charge >= 0.3 is 0 Å². The van der Waals surface area contributed by atoms with Crippen molar-refractivity contribution in [1.29, 1.82) is 0 Å². The highest BCUT2D eigenvalue weighted by Gasteiger charge is 2.01. The molecule has 1 aromatic heterocycles. The summed E-state index contributed by atoms with van der Waals surface area (Å²) in [6.07, 6.45) is 5.05. The van der Waals surface area contributed by atoms with Crippen LogP contribution in [0.25, 0.3) is 0 Å². The number of nitrogens with one attached hydrogen (secondary N) is 1. The lowest BCUT2D eigenvalue weighted by Crippen LogP contribution is -2.03. The molecule has 0 aliphatic heterocycles. The maximum absolute atomic E-state index is 13.0. The Morgan fingerprint density at radius 1 is 1.22 bits per heavy atom. The normalized spacial score (nSPS) is 10.3. The maximum atomic E-state index is 13.0. The number of benzene rings is 1. The molecule has 0 saturated carbocycles. The van der Waals surface area contributed by atoms with Crippen LogP contribution >= 0.6 is 0 Å². The number of para-hydroxylation sites is 1. The van der Waals surface area contributed by atoms with E-state index < -0.39 is 0 Å². The Hall–Kier alpha value is -1.90. The van der Waals surface area contributed by atoms with Gasteiger partial charge in [0.15, 0.2) is 0 Å². The molecule has 2 aromatic rings. The molecule has 0 atom stereocenters. The van der Waals surface area contributed by atoms with Gasteiger partial charge in [-0.2, -0.15) is 0 Å². The number of aromatic nitrogens is 1. The molecule has 1 aromatic carbocycles. The molecule has 1 heterocycles. The van der Waals surface area contributed by atoms with E-state index in [1.165, 1.54) is 17.8 Å². The van der Waals surface area contributed by atoms with Gasteiger partial charge in [-0.05, 0) is 29.7 Å². The van der Waals surface area contributed by atoms with Crippen molar-refractivity contribution in [3.05, 3.63) is 59.7 Å².